The Morgan fingerprint density at radius 2 is 1.00 bits per heavy atom. The number of rotatable bonds is 4. The van der Waals surface area contributed by atoms with Gasteiger partial charge in [-0.05, 0) is 64.2 Å². The normalized spacial score (nSPS) is 16.9. The SMILES string of the molecule is C1=CC2c3ccccc3N(c3cc(-c4ccc(-c5ccccc5)cc4)cc(-n4c5ccccc5c5ccccc54)c3)C2C=C1. The molecule has 7 aromatic rings. The Morgan fingerprint density at radius 3 is 1.75 bits per heavy atom. The third kappa shape index (κ3) is 3.88. The number of fused-ring (bicyclic) bond motifs is 6. The van der Waals surface area contributed by atoms with Gasteiger partial charge in [0.25, 0.3) is 0 Å². The molecular formula is C42H30N2. The lowest BCUT2D eigenvalue weighted by atomic mass is 9.91. The van der Waals surface area contributed by atoms with Crippen LogP contribution in [0, 0.1) is 0 Å². The average molecular weight is 563 g/mol. The van der Waals surface area contributed by atoms with E-state index in [4.69, 9.17) is 0 Å². The second-order valence-electron chi connectivity index (χ2n) is 11.8. The Labute approximate surface area is 257 Å². The molecule has 2 aliphatic rings. The van der Waals surface area contributed by atoms with Crippen molar-refractivity contribution in [1.29, 1.82) is 0 Å². The topological polar surface area (TPSA) is 8.17 Å². The van der Waals surface area contributed by atoms with Crippen molar-refractivity contribution >= 4 is 33.2 Å². The maximum Gasteiger partial charge on any atom is 0.0629 e. The molecule has 0 radical (unpaired) electrons. The predicted molar refractivity (Wildman–Crippen MR) is 185 cm³/mol. The van der Waals surface area contributed by atoms with Crippen molar-refractivity contribution < 1.29 is 0 Å². The van der Waals surface area contributed by atoms with E-state index in [2.05, 4.69) is 179 Å². The Balaban J connectivity index is 1.28. The van der Waals surface area contributed by atoms with Crippen LogP contribution < -0.4 is 4.90 Å². The van der Waals surface area contributed by atoms with Crippen LogP contribution in [0.15, 0.2) is 170 Å². The molecule has 9 rings (SSSR count). The minimum Gasteiger partial charge on any atom is -0.333 e. The van der Waals surface area contributed by atoms with Crippen molar-refractivity contribution in [3.05, 3.63) is 175 Å². The second-order valence-corrected chi connectivity index (χ2v) is 11.8. The first-order valence-electron chi connectivity index (χ1n) is 15.4. The summed E-state index contributed by atoms with van der Waals surface area (Å²) in [5, 5.41) is 2.54. The number of hydrogen-bond donors (Lipinski definition) is 0. The molecular weight excluding hydrogens is 532 g/mol. The highest BCUT2D eigenvalue weighted by molar-refractivity contribution is 6.09. The van der Waals surface area contributed by atoms with Gasteiger partial charge in [-0.15, -0.1) is 0 Å². The van der Waals surface area contributed by atoms with Crippen LogP contribution >= 0.6 is 0 Å². The van der Waals surface area contributed by atoms with E-state index >= 15 is 0 Å². The largest absolute Gasteiger partial charge is 0.333 e. The average Bonchev–Trinajstić information content (AvgIpc) is 3.62. The lowest BCUT2D eigenvalue weighted by Gasteiger charge is -2.30. The van der Waals surface area contributed by atoms with Gasteiger partial charge >= 0.3 is 0 Å². The van der Waals surface area contributed by atoms with Gasteiger partial charge in [-0.3, -0.25) is 0 Å². The summed E-state index contributed by atoms with van der Waals surface area (Å²) in [7, 11) is 0. The van der Waals surface area contributed by atoms with Crippen LogP contribution in [0.4, 0.5) is 11.4 Å². The van der Waals surface area contributed by atoms with Crippen LogP contribution in [-0.2, 0) is 0 Å². The van der Waals surface area contributed by atoms with E-state index < -0.39 is 0 Å². The Bertz CT molecular complexity index is 2180. The summed E-state index contributed by atoms with van der Waals surface area (Å²) in [6.07, 6.45) is 9.09. The molecule has 0 amide bonds. The first kappa shape index (κ1) is 24.9. The molecule has 1 aliphatic carbocycles. The summed E-state index contributed by atoms with van der Waals surface area (Å²) < 4.78 is 2.44. The zero-order chi connectivity index (χ0) is 29.0. The highest BCUT2D eigenvalue weighted by atomic mass is 15.2. The molecule has 1 aromatic heterocycles. The smallest absolute Gasteiger partial charge is 0.0629 e. The van der Waals surface area contributed by atoms with E-state index in [9.17, 15) is 0 Å². The number of aromatic nitrogens is 1. The molecule has 44 heavy (non-hydrogen) atoms. The lowest BCUT2D eigenvalue weighted by molar-refractivity contribution is 0.744. The molecule has 0 N–H and O–H groups in total. The van der Waals surface area contributed by atoms with Crippen molar-refractivity contribution in [2.24, 2.45) is 0 Å². The summed E-state index contributed by atoms with van der Waals surface area (Å²) >= 11 is 0. The molecule has 2 nitrogen and oxygen atoms in total. The van der Waals surface area contributed by atoms with Gasteiger partial charge in [-0.1, -0.05) is 133 Å². The van der Waals surface area contributed by atoms with Crippen molar-refractivity contribution in [3.8, 4) is 27.9 Å². The third-order valence-corrected chi connectivity index (χ3v) is 9.30. The lowest BCUT2D eigenvalue weighted by Crippen LogP contribution is -2.28. The van der Waals surface area contributed by atoms with E-state index in [1.807, 2.05) is 0 Å². The Hall–Kier alpha value is -5.60. The minimum absolute atomic E-state index is 0.235. The molecule has 0 bridgehead atoms. The summed E-state index contributed by atoms with van der Waals surface area (Å²) in [5.74, 6) is 0.335. The van der Waals surface area contributed by atoms with Crippen molar-refractivity contribution in [2.45, 2.75) is 12.0 Å². The Kier molecular flexibility index (Phi) is 5.67. The summed E-state index contributed by atoms with van der Waals surface area (Å²) in [4.78, 5) is 2.54. The van der Waals surface area contributed by atoms with E-state index in [0.717, 1.165) is 0 Å². The van der Waals surface area contributed by atoms with Gasteiger partial charge < -0.3 is 9.47 Å². The monoisotopic (exact) mass is 562 g/mol. The molecule has 208 valence electrons. The fraction of sp³-hybridized carbons (Fsp3) is 0.0476. The maximum absolute atomic E-state index is 2.54. The van der Waals surface area contributed by atoms with Crippen molar-refractivity contribution in [2.75, 3.05) is 4.90 Å². The molecule has 0 saturated carbocycles. The predicted octanol–water partition coefficient (Wildman–Crippen LogP) is 10.8. The van der Waals surface area contributed by atoms with Crippen LogP contribution in [0.1, 0.15) is 11.5 Å². The van der Waals surface area contributed by atoms with Gasteiger partial charge in [0, 0.05) is 33.8 Å². The number of para-hydroxylation sites is 3. The number of anilines is 2. The number of allylic oxidation sites excluding steroid dienone is 2. The highest BCUT2D eigenvalue weighted by Crippen LogP contribution is 2.48. The van der Waals surface area contributed by atoms with Gasteiger partial charge in [-0.25, -0.2) is 0 Å². The van der Waals surface area contributed by atoms with E-state index in [1.165, 1.54) is 66.7 Å². The second kappa shape index (κ2) is 10.00. The fourth-order valence-electron chi connectivity index (χ4n) is 7.31. The van der Waals surface area contributed by atoms with Gasteiger partial charge in [0.05, 0.1) is 17.1 Å². The molecule has 0 spiro atoms. The van der Waals surface area contributed by atoms with Crippen LogP contribution in [-0.4, -0.2) is 10.6 Å². The Morgan fingerprint density at radius 1 is 0.432 bits per heavy atom. The summed E-state index contributed by atoms with van der Waals surface area (Å²) in [5.41, 5.74) is 12.3. The van der Waals surface area contributed by atoms with E-state index in [0.29, 0.717) is 5.92 Å². The van der Waals surface area contributed by atoms with Gasteiger partial charge in [0.1, 0.15) is 0 Å². The first-order valence-corrected chi connectivity index (χ1v) is 15.4. The molecule has 2 unspecified atom stereocenters. The molecule has 2 heterocycles. The van der Waals surface area contributed by atoms with Crippen LogP contribution in [0.5, 0.6) is 0 Å². The van der Waals surface area contributed by atoms with Gasteiger partial charge in [-0.2, -0.15) is 0 Å². The molecule has 0 saturated heterocycles. The zero-order valence-corrected chi connectivity index (χ0v) is 24.2. The molecule has 1 aliphatic heterocycles. The van der Waals surface area contributed by atoms with Gasteiger partial charge in [0.2, 0.25) is 0 Å². The summed E-state index contributed by atoms with van der Waals surface area (Å²) in [6.45, 7) is 0. The first-order chi connectivity index (χ1) is 21.8. The number of hydrogen-bond acceptors (Lipinski definition) is 1. The number of benzene rings is 6. The minimum atomic E-state index is 0.235. The van der Waals surface area contributed by atoms with E-state index in [1.54, 1.807) is 0 Å². The fourth-order valence-corrected chi connectivity index (χ4v) is 7.31. The molecule has 0 fully saturated rings. The summed E-state index contributed by atoms with van der Waals surface area (Å²) in [6, 6.07) is 53.4. The van der Waals surface area contributed by atoms with Crippen LogP contribution in [0.25, 0.3) is 49.7 Å². The molecule has 2 heteroatoms. The van der Waals surface area contributed by atoms with Crippen molar-refractivity contribution in [1.82, 2.24) is 4.57 Å². The quantitative estimate of drug-likeness (QED) is 0.207. The van der Waals surface area contributed by atoms with Crippen LogP contribution in [0.2, 0.25) is 0 Å². The third-order valence-electron chi connectivity index (χ3n) is 9.30. The highest BCUT2D eigenvalue weighted by Gasteiger charge is 2.37. The van der Waals surface area contributed by atoms with Gasteiger partial charge in [0.15, 0.2) is 0 Å². The number of nitrogens with zero attached hydrogens (tertiary/aromatic N) is 2. The van der Waals surface area contributed by atoms with Crippen molar-refractivity contribution in [3.63, 3.8) is 0 Å². The van der Waals surface area contributed by atoms with Crippen LogP contribution in [0.3, 0.4) is 0 Å². The van der Waals surface area contributed by atoms with E-state index in [-0.39, 0.29) is 6.04 Å². The maximum atomic E-state index is 2.54. The molecule has 6 aromatic carbocycles. The standard InChI is InChI=1S/C42H30N2/c1-2-12-29(13-3-1)30-22-24-31(25-23-30)32-26-33(43-39-18-8-4-14-35(39)36-15-5-9-19-40(36)43)28-34(27-32)44-41-20-10-6-16-37(41)38-17-7-11-21-42(38)44/h1-28,35,39H. The zero-order valence-electron chi connectivity index (χ0n) is 24.2. The molecule has 2 atom stereocenters.